The van der Waals surface area contributed by atoms with Crippen molar-refractivity contribution in [3.05, 3.63) is 42.2 Å². The Hall–Kier alpha value is -2.93. The molecule has 1 aliphatic rings. The second kappa shape index (κ2) is 6.76. The van der Waals surface area contributed by atoms with E-state index in [-0.39, 0.29) is 17.8 Å². The molecule has 3 aromatic rings. The van der Waals surface area contributed by atoms with Crippen molar-refractivity contribution in [3.63, 3.8) is 0 Å². The minimum Gasteiger partial charge on any atom is -0.364 e. The number of primary amides is 1. The fraction of sp³-hybridized carbons (Fsp3) is 0.316. The third kappa shape index (κ3) is 3.13. The zero-order valence-electron chi connectivity index (χ0n) is 14.4. The number of anilines is 1. The van der Waals surface area contributed by atoms with E-state index >= 15 is 0 Å². The van der Waals surface area contributed by atoms with Crippen molar-refractivity contribution in [2.45, 2.75) is 37.8 Å². The van der Waals surface area contributed by atoms with Gasteiger partial charge in [0.25, 0.3) is 5.91 Å². The van der Waals surface area contributed by atoms with Gasteiger partial charge in [0.05, 0.1) is 11.9 Å². The Morgan fingerprint density at radius 3 is 2.81 bits per heavy atom. The predicted molar refractivity (Wildman–Crippen MR) is 102 cm³/mol. The predicted octanol–water partition coefficient (Wildman–Crippen LogP) is 2.41. The van der Waals surface area contributed by atoms with Gasteiger partial charge in [0.2, 0.25) is 0 Å². The smallest absolute Gasteiger partial charge is 0.269 e. The molecule has 1 fully saturated rings. The average molecular weight is 350 g/mol. The molecule has 0 radical (unpaired) electrons. The summed E-state index contributed by atoms with van der Waals surface area (Å²) in [5.74, 6) is -0.00178. The van der Waals surface area contributed by atoms with Gasteiger partial charge in [0, 0.05) is 23.0 Å². The molecule has 6 N–H and O–H groups in total. The summed E-state index contributed by atoms with van der Waals surface area (Å²) < 4.78 is 0. The van der Waals surface area contributed by atoms with Gasteiger partial charge in [0.1, 0.15) is 11.5 Å². The van der Waals surface area contributed by atoms with Crippen LogP contribution in [0.25, 0.3) is 22.3 Å². The first-order valence-electron chi connectivity index (χ1n) is 8.89. The summed E-state index contributed by atoms with van der Waals surface area (Å²) in [5.41, 5.74) is 14.0. The highest BCUT2D eigenvalue weighted by molar-refractivity contribution is 5.98. The SMILES string of the molecule is NC(=O)c1ncc(NC2CCCCC2N)nc1-c1cc2ccccc2[nH]1. The molecule has 7 nitrogen and oxygen atoms in total. The Kier molecular flexibility index (Phi) is 4.30. The van der Waals surface area contributed by atoms with Crippen molar-refractivity contribution in [1.82, 2.24) is 15.0 Å². The Bertz CT molecular complexity index is 917. The molecule has 4 rings (SSSR count). The average Bonchev–Trinajstić information content (AvgIpc) is 3.07. The Balaban J connectivity index is 1.72. The van der Waals surface area contributed by atoms with E-state index in [1.807, 2.05) is 30.3 Å². The standard InChI is InChI=1S/C19H22N6O/c20-12-6-2-4-8-14(12)24-16-10-22-18(19(21)26)17(25-16)15-9-11-5-1-3-7-13(11)23-15/h1,3,5,7,9-10,12,14,23H,2,4,6,8,20H2,(H2,21,26)(H,24,25). The minimum atomic E-state index is -0.605. The van der Waals surface area contributed by atoms with E-state index in [9.17, 15) is 4.79 Å². The molecule has 0 aliphatic heterocycles. The largest absolute Gasteiger partial charge is 0.364 e. The number of amides is 1. The Morgan fingerprint density at radius 1 is 1.23 bits per heavy atom. The van der Waals surface area contributed by atoms with Crippen LogP contribution in [0.15, 0.2) is 36.5 Å². The number of nitrogens with one attached hydrogen (secondary N) is 2. The fourth-order valence-electron chi connectivity index (χ4n) is 3.56. The number of hydrogen-bond donors (Lipinski definition) is 4. The summed E-state index contributed by atoms with van der Waals surface area (Å²) in [4.78, 5) is 24.0. The summed E-state index contributed by atoms with van der Waals surface area (Å²) in [6.45, 7) is 0. The second-order valence-electron chi connectivity index (χ2n) is 6.79. The van der Waals surface area contributed by atoms with Gasteiger partial charge in [-0.1, -0.05) is 31.0 Å². The number of carbonyl (C=O) groups is 1. The van der Waals surface area contributed by atoms with Gasteiger partial charge in [-0.25, -0.2) is 9.97 Å². The molecular formula is C19H22N6O. The number of aromatic nitrogens is 3. The summed E-state index contributed by atoms with van der Waals surface area (Å²) in [5, 5.41) is 4.41. The van der Waals surface area contributed by atoms with E-state index in [4.69, 9.17) is 11.5 Å². The number of aromatic amines is 1. The third-order valence-electron chi connectivity index (χ3n) is 4.94. The van der Waals surface area contributed by atoms with Crippen LogP contribution in [-0.4, -0.2) is 32.9 Å². The van der Waals surface area contributed by atoms with Crippen LogP contribution in [0.2, 0.25) is 0 Å². The van der Waals surface area contributed by atoms with Gasteiger partial charge < -0.3 is 21.8 Å². The van der Waals surface area contributed by atoms with Crippen LogP contribution in [0.4, 0.5) is 5.82 Å². The van der Waals surface area contributed by atoms with Gasteiger partial charge in [0.15, 0.2) is 5.69 Å². The number of hydrogen-bond acceptors (Lipinski definition) is 5. The number of nitrogens with zero attached hydrogens (tertiary/aromatic N) is 2. The number of fused-ring (bicyclic) bond motifs is 1. The lowest BCUT2D eigenvalue weighted by Gasteiger charge is -2.29. The molecule has 2 heterocycles. The molecule has 1 saturated carbocycles. The van der Waals surface area contributed by atoms with Crippen LogP contribution in [0.3, 0.4) is 0 Å². The molecule has 26 heavy (non-hydrogen) atoms. The maximum absolute atomic E-state index is 11.8. The van der Waals surface area contributed by atoms with Crippen molar-refractivity contribution in [1.29, 1.82) is 0 Å². The van der Waals surface area contributed by atoms with Crippen LogP contribution in [0.5, 0.6) is 0 Å². The molecule has 0 spiro atoms. The number of carbonyl (C=O) groups excluding carboxylic acids is 1. The lowest BCUT2D eigenvalue weighted by molar-refractivity contribution is 0.0996. The molecule has 0 bridgehead atoms. The summed E-state index contributed by atoms with van der Waals surface area (Å²) in [7, 11) is 0. The molecule has 0 saturated heterocycles. The first-order valence-corrected chi connectivity index (χ1v) is 8.89. The maximum atomic E-state index is 11.8. The number of para-hydroxylation sites is 1. The quantitative estimate of drug-likeness (QED) is 0.575. The zero-order chi connectivity index (χ0) is 18.1. The molecule has 134 valence electrons. The number of H-pyrrole nitrogens is 1. The molecular weight excluding hydrogens is 328 g/mol. The Labute approximate surface area is 151 Å². The first kappa shape index (κ1) is 16.5. The second-order valence-corrected chi connectivity index (χ2v) is 6.79. The van der Waals surface area contributed by atoms with Crippen LogP contribution in [-0.2, 0) is 0 Å². The molecule has 2 unspecified atom stereocenters. The number of benzene rings is 1. The highest BCUT2D eigenvalue weighted by Gasteiger charge is 2.23. The summed E-state index contributed by atoms with van der Waals surface area (Å²) in [6.07, 6.45) is 5.86. The molecule has 2 atom stereocenters. The normalized spacial score (nSPS) is 20.2. The van der Waals surface area contributed by atoms with Crippen molar-refractivity contribution in [2.24, 2.45) is 11.5 Å². The van der Waals surface area contributed by atoms with E-state index < -0.39 is 5.91 Å². The highest BCUT2D eigenvalue weighted by Crippen LogP contribution is 2.26. The van der Waals surface area contributed by atoms with Crippen molar-refractivity contribution < 1.29 is 4.79 Å². The lowest BCUT2D eigenvalue weighted by atomic mass is 9.91. The zero-order valence-corrected chi connectivity index (χ0v) is 14.4. The summed E-state index contributed by atoms with van der Waals surface area (Å²) in [6, 6.07) is 10.1. The van der Waals surface area contributed by atoms with Crippen LogP contribution < -0.4 is 16.8 Å². The van der Waals surface area contributed by atoms with Gasteiger partial charge >= 0.3 is 0 Å². The van der Waals surface area contributed by atoms with Crippen molar-refractivity contribution in [2.75, 3.05) is 5.32 Å². The highest BCUT2D eigenvalue weighted by atomic mass is 16.1. The van der Waals surface area contributed by atoms with Crippen LogP contribution in [0.1, 0.15) is 36.2 Å². The molecule has 1 amide bonds. The van der Waals surface area contributed by atoms with Crippen molar-refractivity contribution >= 4 is 22.6 Å². The van der Waals surface area contributed by atoms with Gasteiger partial charge in [-0.05, 0) is 25.0 Å². The molecule has 7 heteroatoms. The number of rotatable bonds is 4. The van der Waals surface area contributed by atoms with Gasteiger partial charge in [-0.3, -0.25) is 4.79 Å². The van der Waals surface area contributed by atoms with E-state index in [2.05, 4.69) is 20.3 Å². The van der Waals surface area contributed by atoms with E-state index in [0.717, 1.165) is 36.6 Å². The summed E-state index contributed by atoms with van der Waals surface area (Å²) >= 11 is 0. The third-order valence-corrected chi connectivity index (χ3v) is 4.94. The molecule has 2 aromatic heterocycles. The van der Waals surface area contributed by atoms with Crippen LogP contribution >= 0.6 is 0 Å². The van der Waals surface area contributed by atoms with Gasteiger partial charge in [-0.15, -0.1) is 0 Å². The van der Waals surface area contributed by atoms with Gasteiger partial charge in [-0.2, -0.15) is 0 Å². The fourth-order valence-corrected chi connectivity index (χ4v) is 3.56. The lowest BCUT2D eigenvalue weighted by Crippen LogP contribution is -2.42. The van der Waals surface area contributed by atoms with E-state index in [1.165, 1.54) is 0 Å². The minimum absolute atomic E-state index is 0.0953. The first-order chi connectivity index (χ1) is 12.6. The topological polar surface area (TPSA) is 123 Å². The Morgan fingerprint density at radius 2 is 2.04 bits per heavy atom. The van der Waals surface area contributed by atoms with E-state index in [0.29, 0.717) is 17.2 Å². The van der Waals surface area contributed by atoms with E-state index in [1.54, 1.807) is 6.20 Å². The maximum Gasteiger partial charge on any atom is 0.269 e. The van der Waals surface area contributed by atoms with Crippen LogP contribution in [0, 0.1) is 0 Å². The number of nitrogens with two attached hydrogens (primary N) is 2. The molecule has 1 aliphatic carbocycles. The molecule has 1 aromatic carbocycles. The monoisotopic (exact) mass is 350 g/mol. The van der Waals surface area contributed by atoms with Crippen molar-refractivity contribution in [3.8, 4) is 11.4 Å².